The van der Waals surface area contributed by atoms with Gasteiger partial charge in [-0.05, 0) is 258 Å². The molecule has 8 aromatic heterocycles. The van der Waals surface area contributed by atoms with Crippen molar-refractivity contribution in [2.24, 2.45) is 5.92 Å². The molecule has 0 spiro atoms. The third-order valence-corrected chi connectivity index (χ3v) is 25.3. The summed E-state index contributed by atoms with van der Waals surface area (Å²) in [6, 6.07) is 71.7. The van der Waals surface area contributed by atoms with Crippen LogP contribution in [0.3, 0.4) is 0 Å². The number of H-pyrrole nitrogens is 2. The standard InChI is InChI=1S/C120H127N13O6/c1-73(2)71-127-113(136)80-51-50-78(70-102(80)138-67-33-65-125-114(137)81-35-29-34-79(77-68-100(89-43-22-25-62-122-89)133-101(69-77)90-44-23-26-63-123-90)110(81)139-66-28-27-64-124-111(134)76-49-52-91(126-72-76)88-42-21-24-61-121-88)128-112(135)75-47-45-74(46-48-75)103-92-53-55-94(129-92)107(104-82(115(3,4)5)36-30-37-83(104)116(6,7)8)96-57-59-98(131-96)109(106-86(119(15,16)17)40-32-41-87(106)120(18,19)20)99-60-58-97(132-99)108(95-56-54-93(103)130-95)105-84(117(9,10)11)38-31-39-85(105)118(12,13)14/h21-26,29-32,34-63,68-70,72-73,129,132H,27-28,33,64-67,71H2,1-20H3,(H,124,134)(H,125,137)(H,127,136)(H,128,135). The van der Waals surface area contributed by atoms with Gasteiger partial charge in [0, 0.05) is 112 Å². The number of ether oxygens (including phenoxy) is 2. The highest BCUT2D eigenvalue weighted by molar-refractivity contribution is 6.07. The SMILES string of the molecule is CC(C)CNC(=O)c1ccc(NC(=O)c2ccc(-c3c4nc(c(-c5c(C(C)(C)C)cccc5C(C)(C)C)c5ccc([nH]5)c(-c5c(C(C)(C)C)cccc5C(C)(C)C)c5nc(c(-c6c(C(C)(C)C)cccc6C(C)(C)C)c6ccc3[nH]6)C=C5)C=C4)cc2)cc1OCCCNC(=O)c1cccc(-c2cc(-c3ccccn3)nc(-c3ccccn3)c2)c1OCCCCNC(=O)c1ccc(-c2ccccn2)nc1. The molecule has 0 saturated carbocycles. The first-order valence-corrected chi connectivity index (χ1v) is 48.3. The number of fused-ring (bicyclic) bond motifs is 8. The highest BCUT2D eigenvalue weighted by Crippen LogP contribution is 2.51. The molecule has 19 nitrogen and oxygen atoms in total. The number of carbonyl (C=O) groups excluding carboxylic acids is 4. The number of nitrogens with zero attached hydrogens (tertiary/aromatic N) is 7. The average Bonchev–Trinajstić information content (AvgIpc) is 1.31. The zero-order valence-electron chi connectivity index (χ0n) is 83.7. The fourth-order valence-electron chi connectivity index (χ4n) is 18.3. The van der Waals surface area contributed by atoms with Crippen molar-refractivity contribution in [1.82, 2.24) is 60.8 Å². The van der Waals surface area contributed by atoms with Crippen LogP contribution in [0.25, 0.3) is 136 Å². The van der Waals surface area contributed by atoms with Crippen LogP contribution in [0.2, 0.25) is 0 Å². The van der Waals surface area contributed by atoms with E-state index in [0.717, 1.165) is 89.4 Å². The van der Waals surface area contributed by atoms with E-state index >= 15 is 4.79 Å². The minimum absolute atomic E-state index is 0.0771. The van der Waals surface area contributed by atoms with E-state index in [-0.39, 0.29) is 81.3 Å². The second-order valence-corrected chi connectivity index (χ2v) is 42.7. The van der Waals surface area contributed by atoms with Crippen molar-refractivity contribution < 1.29 is 28.7 Å². The molecule has 6 N–H and O–H groups in total. The number of carbonyl (C=O) groups is 4. The molecule has 708 valence electrons. The first-order valence-electron chi connectivity index (χ1n) is 48.3. The maximum atomic E-state index is 15.1. The fourth-order valence-corrected chi connectivity index (χ4v) is 18.3. The van der Waals surface area contributed by atoms with Crippen molar-refractivity contribution in [3.05, 3.63) is 322 Å². The van der Waals surface area contributed by atoms with Crippen LogP contribution < -0.4 is 30.7 Å². The van der Waals surface area contributed by atoms with Crippen LogP contribution in [0.15, 0.2) is 243 Å². The lowest BCUT2D eigenvalue weighted by Crippen LogP contribution is -2.28. The Balaban J connectivity index is 0.734. The number of nitrogens with one attached hydrogen (secondary N) is 6. The van der Waals surface area contributed by atoms with E-state index in [0.29, 0.717) is 106 Å². The number of rotatable bonds is 26. The van der Waals surface area contributed by atoms with Crippen LogP contribution in [-0.2, 0) is 32.5 Å². The van der Waals surface area contributed by atoms with E-state index in [1.165, 1.54) is 33.4 Å². The normalized spacial score (nSPS) is 12.4. The van der Waals surface area contributed by atoms with Crippen LogP contribution in [0.5, 0.6) is 11.5 Å². The zero-order valence-corrected chi connectivity index (χ0v) is 83.7. The number of amides is 4. The number of unbranched alkanes of at least 4 members (excludes halogenated alkanes) is 1. The summed E-state index contributed by atoms with van der Waals surface area (Å²) in [5, 5.41) is 12.3. The van der Waals surface area contributed by atoms with Crippen LogP contribution >= 0.6 is 0 Å². The molecule has 0 atom stereocenters. The second kappa shape index (κ2) is 40.1. The molecule has 6 aromatic carbocycles. The lowest BCUT2D eigenvalue weighted by Gasteiger charge is -2.31. The van der Waals surface area contributed by atoms with Gasteiger partial charge in [0.05, 0.1) is 86.8 Å². The topological polar surface area (TPSA) is 257 Å². The number of aromatic nitrogens is 9. The Labute approximate surface area is 817 Å². The highest BCUT2D eigenvalue weighted by atomic mass is 16.5. The molecule has 4 amide bonds. The number of pyridine rings is 5. The Morgan fingerprint density at radius 2 is 0.741 bits per heavy atom. The molecule has 10 heterocycles. The highest BCUT2D eigenvalue weighted by Gasteiger charge is 2.35. The molecular formula is C120H127N13O6. The Hall–Kier alpha value is -14.9. The number of anilines is 1. The molecule has 16 rings (SSSR count). The molecule has 0 fully saturated rings. The number of benzene rings is 6. The predicted molar refractivity (Wildman–Crippen MR) is 567 cm³/mol. The molecule has 0 saturated heterocycles. The van der Waals surface area contributed by atoms with Crippen molar-refractivity contribution in [3.63, 3.8) is 0 Å². The van der Waals surface area contributed by atoms with E-state index in [1.807, 2.05) is 117 Å². The monoisotopic (exact) mass is 1850 g/mol. The van der Waals surface area contributed by atoms with Crippen molar-refractivity contribution in [3.8, 4) is 101 Å². The Kier molecular flexibility index (Phi) is 28.0. The van der Waals surface area contributed by atoms with E-state index in [9.17, 15) is 14.4 Å². The lowest BCUT2D eigenvalue weighted by molar-refractivity contribution is 0.0938. The third kappa shape index (κ3) is 21.8. The predicted octanol–water partition coefficient (Wildman–Crippen LogP) is 27.2. The van der Waals surface area contributed by atoms with Crippen LogP contribution in [-0.4, -0.2) is 101 Å². The Morgan fingerprint density at radius 1 is 0.331 bits per heavy atom. The van der Waals surface area contributed by atoms with Gasteiger partial charge in [0.1, 0.15) is 11.5 Å². The molecule has 0 radical (unpaired) electrons. The fraction of sp³-hybridized carbons (Fsp3) is 0.292. The molecule has 0 unspecified atom stereocenters. The zero-order chi connectivity index (χ0) is 98.6. The summed E-state index contributed by atoms with van der Waals surface area (Å²) in [7, 11) is 0. The molecular weight excluding hydrogens is 1720 g/mol. The van der Waals surface area contributed by atoms with Gasteiger partial charge in [-0.15, -0.1) is 0 Å². The van der Waals surface area contributed by atoms with Crippen LogP contribution in [0.4, 0.5) is 5.69 Å². The van der Waals surface area contributed by atoms with E-state index in [2.05, 4.69) is 279 Å². The first-order chi connectivity index (χ1) is 66.2. The average molecular weight is 1850 g/mol. The maximum Gasteiger partial charge on any atom is 0.255 e. The molecule has 8 bridgehead atoms. The van der Waals surface area contributed by atoms with E-state index in [1.54, 1.807) is 61.2 Å². The van der Waals surface area contributed by atoms with Gasteiger partial charge < -0.3 is 40.7 Å². The largest absolute Gasteiger partial charge is 0.493 e. The molecule has 14 aromatic rings. The van der Waals surface area contributed by atoms with Gasteiger partial charge in [-0.1, -0.05) is 236 Å². The van der Waals surface area contributed by atoms with Gasteiger partial charge in [0.2, 0.25) is 0 Å². The molecule has 19 heteroatoms. The van der Waals surface area contributed by atoms with Crippen molar-refractivity contribution in [1.29, 1.82) is 0 Å². The summed E-state index contributed by atoms with van der Waals surface area (Å²) in [6.07, 6.45) is 16.9. The minimum atomic E-state index is -0.392. The van der Waals surface area contributed by atoms with Gasteiger partial charge in [-0.2, -0.15) is 0 Å². The van der Waals surface area contributed by atoms with Gasteiger partial charge in [-0.3, -0.25) is 39.1 Å². The van der Waals surface area contributed by atoms with Crippen molar-refractivity contribution in [2.45, 2.75) is 190 Å². The van der Waals surface area contributed by atoms with E-state index in [4.69, 9.17) is 24.4 Å². The third-order valence-electron chi connectivity index (χ3n) is 25.3. The Bertz CT molecular complexity index is 6980. The number of aromatic amines is 2. The molecule has 2 aliphatic rings. The summed E-state index contributed by atoms with van der Waals surface area (Å²) in [5.41, 5.74) is 27.1. The second-order valence-electron chi connectivity index (χ2n) is 42.7. The van der Waals surface area contributed by atoms with Gasteiger partial charge in [0.25, 0.3) is 23.6 Å². The van der Waals surface area contributed by atoms with Crippen LogP contribution in [0, 0.1) is 5.92 Å². The molecule has 0 aliphatic carbocycles. The Morgan fingerprint density at radius 3 is 1.18 bits per heavy atom. The quantitative estimate of drug-likeness (QED) is 0.0276. The summed E-state index contributed by atoms with van der Waals surface area (Å²) in [6.45, 7) is 46.7. The van der Waals surface area contributed by atoms with Crippen molar-refractivity contribution in [2.75, 3.05) is 38.2 Å². The smallest absolute Gasteiger partial charge is 0.255 e. The lowest BCUT2D eigenvalue weighted by atomic mass is 9.74. The number of hydrogen-bond donors (Lipinski definition) is 6. The molecule has 2 aliphatic heterocycles. The number of hydrogen-bond acceptors (Lipinski definition) is 13. The summed E-state index contributed by atoms with van der Waals surface area (Å²) in [4.78, 5) is 101. The van der Waals surface area contributed by atoms with Crippen molar-refractivity contribution >= 4 is 75.7 Å². The van der Waals surface area contributed by atoms with Crippen LogP contribution in [0.1, 0.15) is 255 Å². The van der Waals surface area contributed by atoms with Gasteiger partial charge in [0.15, 0.2) is 0 Å². The summed E-state index contributed by atoms with van der Waals surface area (Å²) < 4.78 is 13.3. The first kappa shape index (κ1) is 97.2. The molecule has 139 heavy (non-hydrogen) atoms. The maximum absolute atomic E-state index is 15.1. The number of para-hydroxylation sites is 1. The van der Waals surface area contributed by atoms with E-state index < -0.39 is 11.8 Å². The summed E-state index contributed by atoms with van der Waals surface area (Å²) in [5.74, 6) is -0.632. The minimum Gasteiger partial charge on any atom is -0.493 e. The van der Waals surface area contributed by atoms with Gasteiger partial charge in [-0.25, -0.2) is 15.0 Å². The summed E-state index contributed by atoms with van der Waals surface area (Å²) >= 11 is 0. The van der Waals surface area contributed by atoms with Gasteiger partial charge >= 0.3 is 0 Å².